The number of carbonyl (C=O) groups is 1. The molecule has 2 fully saturated rings. The molecule has 0 saturated carbocycles. The summed E-state index contributed by atoms with van der Waals surface area (Å²) < 4.78 is 0. The molecule has 4 aromatic rings. The number of rotatable bonds is 17. The van der Waals surface area contributed by atoms with Gasteiger partial charge in [-0.2, -0.15) is 0 Å². The van der Waals surface area contributed by atoms with Crippen LogP contribution in [0.25, 0.3) is 0 Å². The van der Waals surface area contributed by atoms with Crippen LogP contribution in [0.3, 0.4) is 0 Å². The fraction of sp³-hybridized carbons (Fsp3) is 0.640. The molecule has 0 aliphatic carbocycles. The first-order valence-corrected chi connectivity index (χ1v) is 44.8. The van der Waals surface area contributed by atoms with Gasteiger partial charge < -0.3 is 5.32 Å². The average Bonchev–Trinajstić information content (AvgIpc) is 0.782. The first kappa shape index (κ1) is 78.0. The standard InChI is InChI=1S/C23H39NSi.C20H29N.C19H27NO.C13H28Si.C11H15N/c1-17(2)11-22(20(5)16-25(6,7)8)14-24-10-9-21-12-18(3)19(4)13-23(21)15-24;1-13(2)8-18-12-21-7-6-17-9-14(3)15(4)10-19(17)20(21)11-16(18)5;1-12(2)7-16-11-20-6-5-15-8-13(3)14(4)9-17(15)18(20)10-19(16)21;1-8-13(9-11(2)3)12(4)10-14(5,6)7;1-8-5-10-3-4-12-7-11(10)6-9(8)2/h12-13,17,22H,5,9-11,14-16H2,1-4,6-8H3;9-10,13,18,20H,5-8,11-12H2,1-4H3;8-9,12,16,18H,5-7,10-11H2,1-4H3;11,13H,4,8-10H2,1-3,5-7H3;5-6,12H,3-4,7H2,1-2H3. The molecule has 0 amide bonds. The molecule has 6 aliphatic heterocycles. The van der Waals surface area contributed by atoms with E-state index in [0.717, 1.165) is 75.7 Å². The SMILES string of the molecule is C=C(C[Si](C)(C)C)C(CC(C)C)CN1CCc2cc(C)c(C)cc2C1.C=C(C[Si](C)(C)C)C(CC)CC(C)C.C=C1CC2c3cc(C)c(C)cc3CCN2CC1CC(C)C.Cc1cc2c(cc1C)C1CC(=O)C(CC(C)C)CN1CC2.Cc1cc2c(cc1C)CNCC2. The van der Waals surface area contributed by atoms with Crippen molar-refractivity contribution in [3.05, 3.63) is 174 Å². The predicted molar refractivity (Wildman–Crippen MR) is 414 cm³/mol. The maximum atomic E-state index is 12.5. The van der Waals surface area contributed by atoms with Crippen LogP contribution in [0.2, 0.25) is 51.4 Å². The van der Waals surface area contributed by atoms with Gasteiger partial charge in [0.2, 0.25) is 0 Å². The van der Waals surface area contributed by atoms with Crippen molar-refractivity contribution in [1.82, 2.24) is 20.0 Å². The van der Waals surface area contributed by atoms with Gasteiger partial charge in [-0.15, -0.1) is 0 Å². The number of hydrogen-bond acceptors (Lipinski definition) is 5. The Balaban J connectivity index is 0.000000188. The second kappa shape index (κ2) is 35.0. The van der Waals surface area contributed by atoms with Crippen LogP contribution in [0.15, 0.2) is 85.0 Å². The zero-order valence-electron chi connectivity index (χ0n) is 64.3. The third-order valence-corrected chi connectivity index (χ3v) is 24.5. The summed E-state index contributed by atoms with van der Waals surface area (Å²) in [4.78, 5) is 20.5. The Labute approximate surface area is 575 Å². The molecule has 0 bridgehead atoms. The van der Waals surface area contributed by atoms with Crippen molar-refractivity contribution in [3.63, 3.8) is 0 Å². The van der Waals surface area contributed by atoms with Gasteiger partial charge in [0, 0.05) is 92.9 Å². The number of nitrogens with one attached hydrogen (secondary N) is 1. The molecule has 0 radical (unpaired) electrons. The highest BCUT2D eigenvalue weighted by Gasteiger charge is 2.39. The maximum absolute atomic E-state index is 12.5. The summed E-state index contributed by atoms with van der Waals surface area (Å²) in [6, 6.07) is 22.5. The molecule has 4 aromatic carbocycles. The van der Waals surface area contributed by atoms with E-state index < -0.39 is 16.1 Å². The molecule has 1 N–H and O–H groups in total. The van der Waals surface area contributed by atoms with E-state index in [9.17, 15) is 4.79 Å². The van der Waals surface area contributed by atoms with E-state index in [1.165, 1.54) is 167 Å². The van der Waals surface area contributed by atoms with Gasteiger partial charge in [-0.3, -0.25) is 19.5 Å². The number of benzene rings is 4. The second-order valence-corrected chi connectivity index (χ2v) is 45.6. The van der Waals surface area contributed by atoms with Crippen LogP contribution in [0.5, 0.6) is 0 Å². The fourth-order valence-corrected chi connectivity index (χ4v) is 19.4. The zero-order chi connectivity index (χ0) is 69.0. The normalized spacial score (nSPS) is 20.4. The lowest BCUT2D eigenvalue weighted by atomic mass is 9.78. The third kappa shape index (κ3) is 23.6. The molecule has 516 valence electrons. The summed E-state index contributed by atoms with van der Waals surface area (Å²) in [5, 5.41) is 3.39. The first-order valence-electron chi connectivity index (χ1n) is 37.3. The minimum Gasteiger partial charge on any atom is -0.312 e. The number of carbonyl (C=O) groups excluding carboxylic acids is 1. The Kier molecular flexibility index (Phi) is 29.4. The van der Waals surface area contributed by atoms with Gasteiger partial charge in [0.15, 0.2) is 0 Å². The van der Waals surface area contributed by atoms with Crippen LogP contribution in [0, 0.1) is 103 Å². The van der Waals surface area contributed by atoms with Gasteiger partial charge in [0.1, 0.15) is 5.78 Å². The smallest absolute Gasteiger partial charge is 0.139 e. The lowest BCUT2D eigenvalue weighted by molar-refractivity contribution is -0.129. The van der Waals surface area contributed by atoms with Crippen molar-refractivity contribution in [1.29, 1.82) is 0 Å². The van der Waals surface area contributed by atoms with Gasteiger partial charge in [0.25, 0.3) is 0 Å². The van der Waals surface area contributed by atoms with Crippen molar-refractivity contribution in [2.75, 3.05) is 45.8 Å². The molecule has 6 heterocycles. The first-order chi connectivity index (χ1) is 43.5. The highest BCUT2D eigenvalue weighted by Crippen LogP contribution is 2.44. The highest BCUT2D eigenvalue weighted by atomic mass is 28.3. The molecule has 2 saturated heterocycles. The van der Waals surface area contributed by atoms with E-state index in [2.05, 4.69) is 245 Å². The number of piperidine rings is 2. The minimum absolute atomic E-state index is 0.259. The Bertz CT molecular complexity index is 3010. The summed E-state index contributed by atoms with van der Waals surface area (Å²) >= 11 is 0. The van der Waals surface area contributed by atoms with Gasteiger partial charge in [0.05, 0.1) is 0 Å². The quantitative estimate of drug-likeness (QED) is 0.0843. The Morgan fingerprint density at radius 2 is 0.903 bits per heavy atom. The molecule has 5 nitrogen and oxygen atoms in total. The summed E-state index contributed by atoms with van der Waals surface area (Å²) in [5.74, 6) is 5.78. The topological polar surface area (TPSA) is 38.8 Å². The summed E-state index contributed by atoms with van der Waals surface area (Å²) in [5.41, 5.74) is 28.0. The zero-order valence-corrected chi connectivity index (χ0v) is 66.3. The van der Waals surface area contributed by atoms with Crippen LogP contribution in [-0.4, -0.2) is 82.4 Å². The molecule has 0 spiro atoms. The maximum Gasteiger partial charge on any atom is 0.139 e. The van der Waals surface area contributed by atoms with Gasteiger partial charge in [-0.1, -0.05) is 187 Å². The minimum atomic E-state index is -1.09. The number of hydrogen-bond donors (Lipinski definition) is 1. The lowest BCUT2D eigenvalue weighted by Crippen LogP contribution is -2.46. The van der Waals surface area contributed by atoms with E-state index in [1.807, 2.05) is 0 Å². The van der Waals surface area contributed by atoms with Crippen LogP contribution >= 0.6 is 0 Å². The molecule has 6 aliphatic rings. The van der Waals surface area contributed by atoms with Crippen LogP contribution < -0.4 is 5.32 Å². The largest absolute Gasteiger partial charge is 0.312 e. The Morgan fingerprint density at radius 3 is 1.38 bits per heavy atom. The average molecular weight is 1300 g/mol. The summed E-state index contributed by atoms with van der Waals surface area (Å²) in [7, 11) is -2.04. The lowest BCUT2D eigenvalue weighted by Gasteiger charge is -2.45. The molecular formula is C86H138N4OSi2. The van der Waals surface area contributed by atoms with E-state index in [-0.39, 0.29) is 5.92 Å². The Morgan fingerprint density at radius 1 is 0.505 bits per heavy atom. The van der Waals surface area contributed by atoms with Crippen molar-refractivity contribution in [2.24, 2.45) is 47.3 Å². The van der Waals surface area contributed by atoms with Crippen molar-refractivity contribution >= 4 is 21.9 Å². The van der Waals surface area contributed by atoms with Crippen molar-refractivity contribution < 1.29 is 4.79 Å². The summed E-state index contributed by atoms with van der Waals surface area (Å²) in [6.07, 6.45) is 12.8. The molecule has 7 heteroatoms. The van der Waals surface area contributed by atoms with E-state index >= 15 is 0 Å². The van der Waals surface area contributed by atoms with Crippen LogP contribution in [-0.2, 0) is 43.6 Å². The van der Waals surface area contributed by atoms with E-state index in [0.29, 0.717) is 42.0 Å². The van der Waals surface area contributed by atoms with E-state index in [1.54, 1.807) is 22.3 Å². The van der Waals surface area contributed by atoms with E-state index in [4.69, 9.17) is 0 Å². The van der Waals surface area contributed by atoms with Crippen LogP contribution in [0.4, 0.5) is 0 Å². The molecule has 10 rings (SSSR count). The number of fused-ring (bicyclic) bond motifs is 8. The number of allylic oxidation sites excluding steroid dienone is 1. The molecule has 6 atom stereocenters. The molecule has 0 aromatic heterocycles. The second-order valence-electron chi connectivity index (χ2n) is 34.7. The molecular weight excluding hydrogens is 1160 g/mol. The number of nitrogens with zero attached hydrogens (tertiary/aromatic N) is 3. The molecule has 93 heavy (non-hydrogen) atoms. The molecule has 6 unspecified atom stereocenters. The van der Waals surface area contributed by atoms with Crippen molar-refractivity contribution in [3.8, 4) is 0 Å². The number of Topliss-reactive ketones (excluding diaryl/α,β-unsaturated/α-hetero) is 1. The number of ketones is 1. The van der Waals surface area contributed by atoms with Crippen LogP contribution in [0.1, 0.15) is 208 Å². The summed E-state index contributed by atoms with van der Waals surface area (Å²) in [6.45, 7) is 76.6. The third-order valence-electron chi connectivity index (χ3n) is 21.5. The van der Waals surface area contributed by atoms with Gasteiger partial charge in [-0.05, 0) is 269 Å². The Hall–Kier alpha value is -3.96. The predicted octanol–water partition coefficient (Wildman–Crippen LogP) is 21.8. The highest BCUT2D eigenvalue weighted by molar-refractivity contribution is 6.77. The van der Waals surface area contributed by atoms with Crippen molar-refractivity contribution in [2.45, 2.75) is 265 Å². The van der Waals surface area contributed by atoms with Gasteiger partial charge >= 0.3 is 0 Å². The monoisotopic (exact) mass is 1300 g/mol. The van der Waals surface area contributed by atoms with Gasteiger partial charge in [-0.25, -0.2) is 0 Å². The fourth-order valence-electron chi connectivity index (χ4n) is 16.1. The number of aryl methyl sites for hydroxylation is 8.